The molecule has 0 aromatic heterocycles. The Morgan fingerprint density at radius 2 is 1.47 bits per heavy atom. The number of para-hydroxylation sites is 1. The maximum Gasteiger partial charge on any atom is 0.255 e. The van der Waals surface area contributed by atoms with Gasteiger partial charge in [0.25, 0.3) is 5.91 Å². The van der Waals surface area contributed by atoms with E-state index in [9.17, 15) is 13.2 Å². The van der Waals surface area contributed by atoms with E-state index in [4.69, 9.17) is 4.74 Å². The van der Waals surface area contributed by atoms with Crippen LogP contribution in [0.1, 0.15) is 27.0 Å². The van der Waals surface area contributed by atoms with Crippen LogP contribution in [-0.4, -0.2) is 21.4 Å². The molecule has 0 spiro atoms. The SMILES string of the molecule is COc1ccccc1C(=O)NCc1ccc(CNS(=O)(=O)c2ccccc2C)cc1. The lowest BCUT2D eigenvalue weighted by Gasteiger charge is -2.11. The van der Waals surface area contributed by atoms with Crippen LogP contribution in [0.2, 0.25) is 0 Å². The van der Waals surface area contributed by atoms with Crippen molar-refractivity contribution in [3.05, 3.63) is 95.1 Å². The Kier molecular flexibility index (Phi) is 6.87. The van der Waals surface area contributed by atoms with Crippen LogP contribution in [-0.2, 0) is 23.1 Å². The second-order valence-corrected chi connectivity index (χ2v) is 8.52. The highest BCUT2D eigenvalue weighted by Gasteiger charge is 2.15. The van der Waals surface area contributed by atoms with E-state index in [0.717, 1.165) is 11.1 Å². The summed E-state index contributed by atoms with van der Waals surface area (Å²) in [6.45, 7) is 2.30. The van der Waals surface area contributed by atoms with Gasteiger partial charge in [0.15, 0.2) is 0 Å². The maximum atomic E-state index is 12.5. The van der Waals surface area contributed by atoms with E-state index in [1.807, 2.05) is 30.3 Å². The predicted molar refractivity (Wildman–Crippen MR) is 116 cm³/mol. The average molecular weight is 425 g/mol. The summed E-state index contributed by atoms with van der Waals surface area (Å²) in [5.74, 6) is 0.300. The highest BCUT2D eigenvalue weighted by atomic mass is 32.2. The fourth-order valence-corrected chi connectivity index (χ4v) is 4.26. The quantitative estimate of drug-likeness (QED) is 0.580. The van der Waals surface area contributed by atoms with Crippen LogP contribution in [0.5, 0.6) is 5.75 Å². The molecule has 0 atom stereocenters. The van der Waals surface area contributed by atoms with Crippen LogP contribution in [0, 0.1) is 6.92 Å². The largest absolute Gasteiger partial charge is 0.496 e. The van der Waals surface area contributed by atoms with Crippen LogP contribution in [0.15, 0.2) is 77.7 Å². The molecule has 3 aromatic carbocycles. The smallest absolute Gasteiger partial charge is 0.255 e. The zero-order valence-corrected chi connectivity index (χ0v) is 17.7. The van der Waals surface area contributed by atoms with Crippen LogP contribution >= 0.6 is 0 Å². The van der Waals surface area contributed by atoms with Crippen molar-refractivity contribution in [3.63, 3.8) is 0 Å². The summed E-state index contributed by atoms with van der Waals surface area (Å²) in [5.41, 5.74) is 2.91. The molecule has 156 valence electrons. The minimum absolute atomic E-state index is 0.185. The van der Waals surface area contributed by atoms with Crippen molar-refractivity contribution in [2.75, 3.05) is 7.11 Å². The van der Waals surface area contributed by atoms with E-state index < -0.39 is 10.0 Å². The first-order valence-electron chi connectivity index (χ1n) is 9.45. The average Bonchev–Trinajstić information content (AvgIpc) is 2.77. The second kappa shape index (κ2) is 9.56. The van der Waals surface area contributed by atoms with Crippen LogP contribution in [0.4, 0.5) is 0 Å². The van der Waals surface area contributed by atoms with E-state index in [1.54, 1.807) is 49.4 Å². The minimum Gasteiger partial charge on any atom is -0.496 e. The van der Waals surface area contributed by atoms with Gasteiger partial charge in [0.05, 0.1) is 17.6 Å². The Bertz CT molecular complexity index is 1130. The Morgan fingerprint density at radius 3 is 2.13 bits per heavy atom. The summed E-state index contributed by atoms with van der Waals surface area (Å²) in [4.78, 5) is 12.7. The first-order valence-corrected chi connectivity index (χ1v) is 10.9. The van der Waals surface area contributed by atoms with E-state index in [-0.39, 0.29) is 17.3 Å². The van der Waals surface area contributed by atoms with Gasteiger partial charge in [-0.15, -0.1) is 0 Å². The van der Waals surface area contributed by atoms with Gasteiger partial charge in [0.2, 0.25) is 10.0 Å². The molecule has 0 saturated carbocycles. The lowest BCUT2D eigenvalue weighted by atomic mass is 10.1. The summed E-state index contributed by atoms with van der Waals surface area (Å²) in [7, 11) is -2.05. The van der Waals surface area contributed by atoms with Crippen molar-refractivity contribution < 1.29 is 17.9 Å². The van der Waals surface area contributed by atoms with Crippen LogP contribution in [0.25, 0.3) is 0 Å². The molecule has 0 saturated heterocycles. The van der Waals surface area contributed by atoms with Crippen molar-refractivity contribution in [1.82, 2.24) is 10.0 Å². The summed E-state index contributed by atoms with van der Waals surface area (Å²) in [6, 6.07) is 21.3. The molecule has 7 heteroatoms. The molecule has 1 amide bonds. The van der Waals surface area contributed by atoms with Gasteiger partial charge in [-0.05, 0) is 41.8 Å². The molecule has 0 bridgehead atoms. The number of nitrogens with one attached hydrogen (secondary N) is 2. The number of methoxy groups -OCH3 is 1. The Labute approximate surface area is 177 Å². The van der Waals surface area contributed by atoms with E-state index >= 15 is 0 Å². The molecule has 30 heavy (non-hydrogen) atoms. The third-order valence-electron chi connectivity index (χ3n) is 4.68. The molecular weight excluding hydrogens is 400 g/mol. The van der Waals surface area contributed by atoms with Crippen molar-refractivity contribution in [3.8, 4) is 5.75 Å². The summed E-state index contributed by atoms with van der Waals surface area (Å²) in [5, 5.41) is 2.86. The molecule has 0 aliphatic rings. The molecular formula is C23H24N2O4S. The summed E-state index contributed by atoms with van der Waals surface area (Å²) >= 11 is 0. The zero-order valence-electron chi connectivity index (χ0n) is 16.9. The van der Waals surface area contributed by atoms with E-state index in [1.165, 1.54) is 7.11 Å². The molecule has 0 aliphatic carbocycles. The van der Waals surface area contributed by atoms with Crippen molar-refractivity contribution in [2.45, 2.75) is 24.9 Å². The van der Waals surface area contributed by atoms with E-state index in [2.05, 4.69) is 10.0 Å². The number of hydrogen-bond acceptors (Lipinski definition) is 4. The number of benzene rings is 3. The first-order chi connectivity index (χ1) is 14.4. The number of aryl methyl sites for hydroxylation is 1. The van der Waals surface area contributed by atoms with Gasteiger partial charge in [-0.2, -0.15) is 0 Å². The van der Waals surface area contributed by atoms with Gasteiger partial charge in [-0.3, -0.25) is 4.79 Å². The fourth-order valence-electron chi connectivity index (χ4n) is 3.00. The Hall–Kier alpha value is -3.16. The molecule has 0 aliphatic heterocycles. The van der Waals surface area contributed by atoms with Crippen LogP contribution in [0.3, 0.4) is 0 Å². The molecule has 0 heterocycles. The molecule has 0 unspecified atom stereocenters. The third-order valence-corrected chi connectivity index (χ3v) is 6.24. The van der Waals surface area contributed by atoms with E-state index in [0.29, 0.717) is 23.4 Å². The number of carbonyl (C=O) groups is 1. The van der Waals surface area contributed by atoms with Crippen molar-refractivity contribution in [2.24, 2.45) is 0 Å². The number of amides is 1. The van der Waals surface area contributed by atoms with Gasteiger partial charge in [0, 0.05) is 13.1 Å². The molecule has 3 aromatic rings. The van der Waals surface area contributed by atoms with Crippen molar-refractivity contribution in [1.29, 1.82) is 0 Å². The normalized spacial score (nSPS) is 11.1. The first kappa shape index (κ1) is 21.5. The Morgan fingerprint density at radius 1 is 0.867 bits per heavy atom. The van der Waals surface area contributed by atoms with Gasteiger partial charge in [-0.1, -0.05) is 54.6 Å². The number of ether oxygens (including phenoxy) is 1. The Balaban J connectivity index is 1.58. The minimum atomic E-state index is -3.58. The van der Waals surface area contributed by atoms with Gasteiger partial charge < -0.3 is 10.1 Å². The highest BCUT2D eigenvalue weighted by Crippen LogP contribution is 2.17. The van der Waals surface area contributed by atoms with Gasteiger partial charge in [0.1, 0.15) is 5.75 Å². The van der Waals surface area contributed by atoms with Gasteiger partial charge in [-0.25, -0.2) is 13.1 Å². The summed E-state index contributed by atoms with van der Waals surface area (Å²) in [6.07, 6.45) is 0. The molecule has 2 N–H and O–H groups in total. The molecule has 0 fully saturated rings. The molecule has 3 rings (SSSR count). The highest BCUT2D eigenvalue weighted by molar-refractivity contribution is 7.89. The lowest BCUT2D eigenvalue weighted by molar-refractivity contribution is 0.0948. The van der Waals surface area contributed by atoms with Gasteiger partial charge >= 0.3 is 0 Å². The van der Waals surface area contributed by atoms with Crippen molar-refractivity contribution >= 4 is 15.9 Å². The number of rotatable bonds is 8. The summed E-state index contributed by atoms with van der Waals surface area (Å²) < 4.78 is 32.8. The second-order valence-electron chi connectivity index (χ2n) is 6.79. The predicted octanol–water partition coefficient (Wildman–Crippen LogP) is 3.41. The lowest BCUT2D eigenvalue weighted by Crippen LogP contribution is -2.24. The van der Waals surface area contributed by atoms with Crippen LogP contribution < -0.4 is 14.8 Å². The maximum absolute atomic E-state index is 12.5. The zero-order chi connectivity index (χ0) is 21.6. The third kappa shape index (κ3) is 5.25. The topological polar surface area (TPSA) is 84.5 Å². The standard InChI is InChI=1S/C23H24N2O4S/c1-17-7-3-6-10-22(17)30(27,28)25-16-19-13-11-18(12-14-19)15-24-23(26)20-8-4-5-9-21(20)29-2/h3-14,25H,15-16H2,1-2H3,(H,24,26). The number of sulfonamides is 1. The number of carbonyl (C=O) groups excluding carboxylic acids is 1. The number of hydrogen-bond donors (Lipinski definition) is 2. The monoisotopic (exact) mass is 424 g/mol. The molecule has 6 nitrogen and oxygen atoms in total. The molecule has 0 radical (unpaired) electrons. The fraction of sp³-hybridized carbons (Fsp3) is 0.174.